The average molecular weight is 253 g/mol. The fourth-order valence-corrected chi connectivity index (χ4v) is 2.24. The molecule has 1 aliphatic heterocycles. The average Bonchev–Trinajstić information content (AvgIpc) is 2.74. The maximum atomic E-state index is 12.2. The number of nitrogens with zero attached hydrogens (tertiary/aromatic N) is 1. The van der Waals surface area contributed by atoms with Crippen LogP contribution >= 0.6 is 0 Å². The van der Waals surface area contributed by atoms with E-state index in [-0.39, 0.29) is 5.91 Å². The lowest BCUT2D eigenvalue weighted by Crippen LogP contribution is -2.47. The van der Waals surface area contributed by atoms with Crippen LogP contribution < -0.4 is 0 Å². The van der Waals surface area contributed by atoms with Gasteiger partial charge in [-0.15, -0.1) is 0 Å². The Kier molecular flexibility index (Phi) is 3.73. The highest BCUT2D eigenvalue weighted by Crippen LogP contribution is 2.22. The Morgan fingerprint density at radius 2 is 2.17 bits per heavy atom. The molecular formula is C13H19NO4. The zero-order valence-electron chi connectivity index (χ0n) is 10.8. The molecule has 1 aliphatic rings. The summed E-state index contributed by atoms with van der Waals surface area (Å²) in [5.41, 5.74) is -0.284. The maximum Gasteiger partial charge on any atom is 0.257 e. The van der Waals surface area contributed by atoms with Crippen molar-refractivity contribution in [2.75, 3.05) is 26.8 Å². The third kappa shape index (κ3) is 2.73. The molecule has 0 saturated carbocycles. The van der Waals surface area contributed by atoms with Gasteiger partial charge in [0, 0.05) is 39.6 Å². The normalized spacial score (nSPS) is 18.6. The van der Waals surface area contributed by atoms with Crippen LogP contribution in [0.3, 0.4) is 0 Å². The molecule has 5 nitrogen and oxygen atoms in total. The standard InChI is InChI=1S/C13H19NO4/c1-10-11(3-6-18-10)12(15)14(2)9-13(16)4-7-17-8-5-13/h3,6,16H,4-5,7-9H2,1-2H3. The molecule has 2 rings (SSSR count). The molecule has 100 valence electrons. The highest BCUT2D eigenvalue weighted by Gasteiger charge is 2.32. The number of aryl methyl sites for hydroxylation is 1. The van der Waals surface area contributed by atoms with E-state index in [2.05, 4.69) is 0 Å². The van der Waals surface area contributed by atoms with Crippen molar-refractivity contribution in [3.05, 3.63) is 23.7 Å². The molecule has 0 atom stereocenters. The summed E-state index contributed by atoms with van der Waals surface area (Å²) < 4.78 is 10.3. The van der Waals surface area contributed by atoms with Crippen molar-refractivity contribution in [1.29, 1.82) is 0 Å². The SMILES string of the molecule is Cc1occc1C(=O)N(C)CC1(O)CCOCC1. The van der Waals surface area contributed by atoms with Crippen LogP contribution in [0.5, 0.6) is 0 Å². The minimum absolute atomic E-state index is 0.124. The van der Waals surface area contributed by atoms with Crippen LogP contribution in [0.15, 0.2) is 16.7 Å². The first kappa shape index (κ1) is 13.1. The molecule has 1 aromatic rings. The predicted octanol–water partition coefficient (Wildman–Crippen LogP) is 1.20. The van der Waals surface area contributed by atoms with E-state index in [0.717, 1.165) is 0 Å². The Bertz CT molecular complexity index is 420. The summed E-state index contributed by atoms with van der Waals surface area (Å²) in [5.74, 6) is 0.479. The second-order valence-electron chi connectivity index (χ2n) is 4.89. The number of likely N-dealkylation sites (N-methyl/N-ethyl adjacent to an activating group) is 1. The second-order valence-corrected chi connectivity index (χ2v) is 4.89. The molecule has 1 amide bonds. The number of ether oxygens (including phenoxy) is 1. The van der Waals surface area contributed by atoms with Crippen LogP contribution in [-0.2, 0) is 4.74 Å². The third-order valence-electron chi connectivity index (χ3n) is 3.39. The molecule has 0 unspecified atom stereocenters. The van der Waals surface area contributed by atoms with E-state index in [1.54, 1.807) is 24.9 Å². The third-order valence-corrected chi connectivity index (χ3v) is 3.39. The van der Waals surface area contributed by atoms with Crippen molar-refractivity contribution in [1.82, 2.24) is 4.90 Å². The number of amides is 1. The van der Waals surface area contributed by atoms with Gasteiger partial charge in [0.15, 0.2) is 0 Å². The smallest absolute Gasteiger partial charge is 0.257 e. The largest absolute Gasteiger partial charge is 0.469 e. The molecule has 0 bridgehead atoms. The molecule has 1 saturated heterocycles. The molecule has 0 aliphatic carbocycles. The fourth-order valence-electron chi connectivity index (χ4n) is 2.24. The Hall–Kier alpha value is -1.33. The maximum absolute atomic E-state index is 12.2. The van der Waals surface area contributed by atoms with Crippen molar-refractivity contribution in [2.45, 2.75) is 25.4 Å². The number of carbonyl (C=O) groups is 1. The Labute approximate surface area is 106 Å². The van der Waals surface area contributed by atoms with Gasteiger partial charge >= 0.3 is 0 Å². The first-order valence-electron chi connectivity index (χ1n) is 6.11. The summed E-state index contributed by atoms with van der Waals surface area (Å²) in [5, 5.41) is 10.4. The summed E-state index contributed by atoms with van der Waals surface area (Å²) >= 11 is 0. The minimum atomic E-state index is -0.833. The van der Waals surface area contributed by atoms with Crippen molar-refractivity contribution in [3.8, 4) is 0 Å². The number of aliphatic hydroxyl groups is 1. The Morgan fingerprint density at radius 1 is 1.50 bits per heavy atom. The van der Waals surface area contributed by atoms with Gasteiger partial charge < -0.3 is 19.2 Å². The number of hydrogen-bond acceptors (Lipinski definition) is 4. The minimum Gasteiger partial charge on any atom is -0.469 e. The number of hydrogen-bond donors (Lipinski definition) is 1. The number of rotatable bonds is 3. The van der Waals surface area contributed by atoms with Crippen molar-refractivity contribution in [3.63, 3.8) is 0 Å². The fraction of sp³-hybridized carbons (Fsp3) is 0.615. The van der Waals surface area contributed by atoms with Crippen LogP contribution in [0.2, 0.25) is 0 Å². The topological polar surface area (TPSA) is 62.9 Å². The van der Waals surface area contributed by atoms with Crippen LogP contribution in [-0.4, -0.2) is 48.3 Å². The predicted molar refractivity (Wildman–Crippen MR) is 65.4 cm³/mol. The molecule has 2 heterocycles. The van der Waals surface area contributed by atoms with Crippen LogP contribution in [0, 0.1) is 6.92 Å². The Balaban J connectivity index is 2.01. The highest BCUT2D eigenvalue weighted by molar-refractivity contribution is 5.94. The van der Waals surface area contributed by atoms with Crippen molar-refractivity contribution >= 4 is 5.91 Å². The van der Waals surface area contributed by atoms with Crippen LogP contribution in [0.1, 0.15) is 29.0 Å². The van der Waals surface area contributed by atoms with Gasteiger partial charge in [0.2, 0.25) is 0 Å². The van der Waals surface area contributed by atoms with E-state index < -0.39 is 5.60 Å². The lowest BCUT2D eigenvalue weighted by atomic mass is 9.94. The molecule has 18 heavy (non-hydrogen) atoms. The molecular weight excluding hydrogens is 234 g/mol. The quantitative estimate of drug-likeness (QED) is 0.879. The number of carbonyl (C=O) groups excluding carboxylic acids is 1. The second kappa shape index (κ2) is 5.12. The first-order chi connectivity index (χ1) is 8.52. The van der Waals surface area contributed by atoms with Gasteiger partial charge in [-0.3, -0.25) is 4.79 Å². The van der Waals surface area contributed by atoms with Gasteiger partial charge in [-0.2, -0.15) is 0 Å². The van der Waals surface area contributed by atoms with E-state index in [0.29, 0.717) is 43.9 Å². The molecule has 1 N–H and O–H groups in total. The van der Waals surface area contributed by atoms with Gasteiger partial charge in [0.25, 0.3) is 5.91 Å². The summed E-state index contributed by atoms with van der Waals surface area (Å²) in [6.07, 6.45) is 2.63. The molecule has 1 fully saturated rings. The summed E-state index contributed by atoms with van der Waals surface area (Å²) in [6, 6.07) is 1.65. The lowest BCUT2D eigenvalue weighted by molar-refractivity contribution is -0.0734. The van der Waals surface area contributed by atoms with E-state index in [4.69, 9.17) is 9.15 Å². The zero-order chi connectivity index (χ0) is 13.2. The molecule has 1 aromatic heterocycles. The van der Waals surface area contributed by atoms with Gasteiger partial charge in [-0.1, -0.05) is 0 Å². The summed E-state index contributed by atoms with van der Waals surface area (Å²) in [7, 11) is 1.70. The summed E-state index contributed by atoms with van der Waals surface area (Å²) in [4.78, 5) is 13.7. The van der Waals surface area contributed by atoms with Crippen molar-refractivity contribution in [2.24, 2.45) is 0 Å². The van der Waals surface area contributed by atoms with E-state index in [9.17, 15) is 9.90 Å². The highest BCUT2D eigenvalue weighted by atomic mass is 16.5. The van der Waals surface area contributed by atoms with Crippen LogP contribution in [0.4, 0.5) is 0 Å². The van der Waals surface area contributed by atoms with Gasteiger partial charge in [-0.25, -0.2) is 0 Å². The lowest BCUT2D eigenvalue weighted by Gasteiger charge is -2.35. The van der Waals surface area contributed by atoms with Crippen molar-refractivity contribution < 1.29 is 19.1 Å². The van der Waals surface area contributed by atoms with E-state index >= 15 is 0 Å². The summed E-state index contributed by atoms with van der Waals surface area (Å²) in [6.45, 7) is 3.16. The van der Waals surface area contributed by atoms with E-state index in [1.807, 2.05) is 0 Å². The monoisotopic (exact) mass is 253 g/mol. The number of furan rings is 1. The van der Waals surface area contributed by atoms with Gasteiger partial charge in [0.1, 0.15) is 5.76 Å². The first-order valence-corrected chi connectivity index (χ1v) is 6.11. The molecule has 0 radical (unpaired) electrons. The Morgan fingerprint density at radius 3 is 2.72 bits per heavy atom. The molecule has 0 aromatic carbocycles. The molecule has 5 heteroatoms. The molecule has 0 spiro atoms. The van der Waals surface area contributed by atoms with E-state index in [1.165, 1.54) is 6.26 Å². The van der Waals surface area contributed by atoms with Gasteiger partial charge in [0.05, 0.1) is 17.4 Å². The zero-order valence-corrected chi connectivity index (χ0v) is 10.8. The van der Waals surface area contributed by atoms with Crippen LogP contribution in [0.25, 0.3) is 0 Å². The van der Waals surface area contributed by atoms with Gasteiger partial charge in [-0.05, 0) is 13.0 Å².